The number of benzene rings is 3. The molecule has 150 valence electrons. The number of halogens is 1. The molecule has 0 saturated heterocycles. The summed E-state index contributed by atoms with van der Waals surface area (Å²) in [5.41, 5.74) is 5.03. The summed E-state index contributed by atoms with van der Waals surface area (Å²) in [7, 11) is 0. The highest BCUT2D eigenvalue weighted by atomic mass is 79.9. The summed E-state index contributed by atoms with van der Waals surface area (Å²) < 4.78 is 12.6. The molecule has 0 unspecified atom stereocenters. The van der Waals surface area contributed by atoms with Crippen LogP contribution >= 0.6 is 15.9 Å². The minimum Gasteiger partial charge on any atom is -0.489 e. The fourth-order valence-electron chi connectivity index (χ4n) is 2.88. The van der Waals surface area contributed by atoms with Crippen molar-refractivity contribution in [3.05, 3.63) is 87.4 Å². The number of hydrogen-bond donors (Lipinski definition) is 1. The summed E-state index contributed by atoms with van der Waals surface area (Å²) in [6.45, 7) is 6.48. The first-order valence-electron chi connectivity index (χ1n) is 9.40. The molecule has 3 aromatic carbocycles. The van der Waals surface area contributed by atoms with Gasteiger partial charge in [0, 0.05) is 10.2 Å². The van der Waals surface area contributed by atoms with Crippen molar-refractivity contribution < 1.29 is 14.3 Å². The Morgan fingerprint density at radius 3 is 2.31 bits per heavy atom. The molecular weight excluding hydrogens is 430 g/mol. The molecule has 0 aliphatic heterocycles. The summed E-state index contributed by atoms with van der Waals surface area (Å²) in [6.07, 6.45) is 0. The van der Waals surface area contributed by atoms with Gasteiger partial charge in [0.25, 0.3) is 5.91 Å². The van der Waals surface area contributed by atoms with Crippen molar-refractivity contribution in [3.63, 3.8) is 0 Å². The fourth-order valence-corrected chi connectivity index (χ4v) is 3.29. The molecule has 29 heavy (non-hydrogen) atoms. The summed E-state index contributed by atoms with van der Waals surface area (Å²) >= 11 is 3.57. The standard InChI is InChI=1S/C24H24BrNO3/c1-16-13-22(17(2)18(3)24(16)25)29-15-23(27)26-20-9-11-21(12-10-20)28-14-19-7-5-4-6-8-19/h4-13H,14-15H2,1-3H3,(H,26,27). The van der Waals surface area contributed by atoms with Gasteiger partial charge in [0.05, 0.1) is 0 Å². The van der Waals surface area contributed by atoms with E-state index in [-0.39, 0.29) is 12.5 Å². The molecule has 5 heteroatoms. The Hall–Kier alpha value is -2.79. The fraction of sp³-hybridized carbons (Fsp3) is 0.208. The Morgan fingerprint density at radius 2 is 1.62 bits per heavy atom. The van der Waals surface area contributed by atoms with Gasteiger partial charge >= 0.3 is 0 Å². The molecule has 4 nitrogen and oxygen atoms in total. The maximum atomic E-state index is 12.3. The average molecular weight is 454 g/mol. The van der Waals surface area contributed by atoms with Gasteiger partial charge in [-0.2, -0.15) is 0 Å². The van der Waals surface area contributed by atoms with Crippen LogP contribution in [0, 0.1) is 20.8 Å². The summed E-state index contributed by atoms with van der Waals surface area (Å²) in [6, 6.07) is 19.2. The third-order valence-electron chi connectivity index (χ3n) is 4.70. The summed E-state index contributed by atoms with van der Waals surface area (Å²) in [4.78, 5) is 12.3. The van der Waals surface area contributed by atoms with Gasteiger partial charge < -0.3 is 14.8 Å². The Bertz CT molecular complexity index is 985. The molecular formula is C24H24BrNO3. The van der Waals surface area contributed by atoms with E-state index in [1.807, 2.05) is 81.4 Å². The molecule has 0 aliphatic rings. The SMILES string of the molecule is Cc1cc(OCC(=O)Nc2ccc(OCc3ccccc3)cc2)c(C)c(C)c1Br. The maximum absolute atomic E-state index is 12.3. The first-order valence-corrected chi connectivity index (χ1v) is 10.2. The highest BCUT2D eigenvalue weighted by molar-refractivity contribution is 9.10. The van der Waals surface area contributed by atoms with Crippen molar-refractivity contribution in [2.24, 2.45) is 0 Å². The van der Waals surface area contributed by atoms with Gasteiger partial charge in [-0.3, -0.25) is 4.79 Å². The highest BCUT2D eigenvalue weighted by Crippen LogP contribution is 2.31. The molecule has 0 aliphatic carbocycles. The van der Waals surface area contributed by atoms with Crippen LogP contribution in [0.1, 0.15) is 22.3 Å². The van der Waals surface area contributed by atoms with Crippen LogP contribution in [0.15, 0.2) is 65.1 Å². The van der Waals surface area contributed by atoms with Gasteiger partial charge in [0.15, 0.2) is 6.61 Å². The Balaban J connectivity index is 1.52. The molecule has 1 amide bonds. The number of rotatable bonds is 7. The van der Waals surface area contributed by atoms with Crippen LogP contribution in [0.5, 0.6) is 11.5 Å². The van der Waals surface area contributed by atoms with Crippen LogP contribution in [0.2, 0.25) is 0 Å². The number of aryl methyl sites for hydroxylation is 1. The van der Waals surface area contributed by atoms with Gasteiger partial charge in [0.1, 0.15) is 18.1 Å². The number of nitrogens with one attached hydrogen (secondary N) is 1. The maximum Gasteiger partial charge on any atom is 0.262 e. The molecule has 0 heterocycles. The Labute approximate surface area is 180 Å². The van der Waals surface area contributed by atoms with Gasteiger partial charge in [0.2, 0.25) is 0 Å². The topological polar surface area (TPSA) is 47.6 Å². The number of carbonyl (C=O) groups is 1. The first-order chi connectivity index (χ1) is 13.9. The van der Waals surface area contributed by atoms with Crippen LogP contribution in [-0.2, 0) is 11.4 Å². The predicted octanol–water partition coefficient (Wildman–Crippen LogP) is 5.97. The second-order valence-corrected chi connectivity index (χ2v) is 7.68. The lowest BCUT2D eigenvalue weighted by atomic mass is 10.1. The Kier molecular flexibility index (Phi) is 6.94. The lowest BCUT2D eigenvalue weighted by molar-refractivity contribution is -0.118. The minimum atomic E-state index is -0.208. The van der Waals surface area contributed by atoms with E-state index in [2.05, 4.69) is 21.2 Å². The van der Waals surface area contributed by atoms with Gasteiger partial charge in [-0.25, -0.2) is 0 Å². The smallest absolute Gasteiger partial charge is 0.262 e. The minimum absolute atomic E-state index is 0.0480. The van der Waals surface area contributed by atoms with E-state index >= 15 is 0 Å². The van der Waals surface area contributed by atoms with Crippen LogP contribution < -0.4 is 14.8 Å². The van der Waals surface area contributed by atoms with Crippen molar-refractivity contribution in [3.8, 4) is 11.5 Å². The molecule has 0 spiro atoms. The predicted molar refractivity (Wildman–Crippen MR) is 120 cm³/mol. The molecule has 3 aromatic rings. The van der Waals surface area contributed by atoms with Crippen LogP contribution in [-0.4, -0.2) is 12.5 Å². The molecule has 0 saturated carbocycles. The summed E-state index contributed by atoms with van der Waals surface area (Å²) in [5, 5.41) is 2.84. The Morgan fingerprint density at radius 1 is 0.931 bits per heavy atom. The third-order valence-corrected chi connectivity index (χ3v) is 5.92. The van der Waals surface area contributed by atoms with E-state index in [0.717, 1.165) is 38.2 Å². The lowest BCUT2D eigenvalue weighted by Crippen LogP contribution is -2.20. The zero-order valence-electron chi connectivity index (χ0n) is 16.8. The summed E-state index contributed by atoms with van der Waals surface area (Å²) in [5.74, 6) is 1.27. The number of ether oxygens (including phenoxy) is 2. The largest absolute Gasteiger partial charge is 0.489 e. The molecule has 0 atom stereocenters. The zero-order chi connectivity index (χ0) is 20.8. The monoisotopic (exact) mass is 453 g/mol. The van der Waals surface area contributed by atoms with E-state index in [1.165, 1.54) is 0 Å². The highest BCUT2D eigenvalue weighted by Gasteiger charge is 2.11. The molecule has 0 bridgehead atoms. The second kappa shape index (κ2) is 9.61. The van der Waals surface area contributed by atoms with Crippen LogP contribution in [0.4, 0.5) is 5.69 Å². The second-order valence-electron chi connectivity index (χ2n) is 6.89. The lowest BCUT2D eigenvalue weighted by Gasteiger charge is -2.14. The van der Waals surface area contributed by atoms with Crippen molar-refractivity contribution in [2.75, 3.05) is 11.9 Å². The van der Waals surface area contributed by atoms with Crippen LogP contribution in [0.25, 0.3) is 0 Å². The van der Waals surface area contributed by atoms with E-state index in [4.69, 9.17) is 9.47 Å². The normalized spacial score (nSPS) is 10.5. The van der Waals surface area contributed by atoms with E-state index in [1.54, 1.807) is 0 Å². The van der Waals surface area contributed by atoms with Gasteiger partial charge in [-0.05, 0) is 73.4 Å². The quantitative estimate of drug-likeness (QED) is 0.479. The number of hydrogen-bond acceptors (Lipinski definition) is 3. The molecule has 0 fully saturated rings. The van der Waals surface area contributed by atoms with Crippen molar-refractivity contribution in [1.29, 1.82) is 0 Å². The van der Waals surface area contributed by atoms with Crippen LogP contribution in [0.3, 0.4) is 0 Å². The number of anilines is 1. The number of amides is 1. The molecule has 3 rings (SSSR count). The van der Waals surface area contributed by atoms with Crippen molar-refractivity contribution in [2.45, 2.75) is 27.4 Å². The molecule has 0 aromatic heterocycles. The van der Waals surface area contributed by atoms with E-state index in [0.29, 0.717) is 12.3 Å². The first kappa shape index (κ1) is 20.9. The van der Waals surface area contributed by atoms with Crippen molar-refractivity contribution >= 4 is 27.5 Å². The molecule has 0 radical (unpaired) electrons. The zero-order valence-corrected chi connectivity index (χ0v) is 18.4. The van der Waals surface area contributed by atoms with E-state index < -0.39 is 0 Å². The van der Waals surface area contributed by atoms with E-state index in [9.17, 15) is 4.79 Å². The van der Waals surface area contributed by atoms with Gasteiger partial charge in [-0.1, -0.05) is 46.3 Å². The average Bonchev–Trinajstić information content (AvgIpc) is 2.74. The van der Waals surface area contributed by atoms with Crippen molar-refractivity contribution in [1.82, 2.24) is 0 Å². The third kappa shape index (κ3) is 5.61. The number of carbonyl (C=O) groups excluding carboxylic acids is 1. The molecule has 1 N–H and O–H groups in total. The van der Waals surface area contributed by atoms with Gasteiger partial charge in [-0.15, -0.1) is 0 Å².